The Morgan fingerprint density at radius 1 is 1.45 bits per heavy atom. The molecule has 0 bridgehead atoms. The summed E-state index contributed by atoms with van der Waals surface area (Å²) in [6.07, 6.45) is 1.14. The Labute approximate surface area is 69.2 Å². The molecule has 0 aromatic carbocycles. The lowest BCUT2D eigenvalue weighted by molar-refractivity contribution is 0.206. The molecular weight excluding hydrogens is 140 g/mol. The van der Waals surface area contributed by atoms with Crippen molar-refractivity contribution in [1.29, 1.82) is 0 Å². The summed E-state index contributed by atoms with van der Waals surface area (Å²) >= 11 is 0. The normalized spacial score (nSPS) is 13.9. The van der Waals surface area contributed by atoms with Crippen molar-refractivity contribution in [2.75, 3.05) is 26.2 Å². The van der Waals surface area contributed by atoms with E-state index in [1.165, 1.54) is 0 Å². The largest absolute Gasteiger partial charge is 0.395 e. The average Bonchev–Trinajstić information content (AvgIpc) is 2.03. The predicted molar refractivity (Wildman–Crippen MR) is 47.5 cm³/mol. The highest BCUT2D eigenvalue weighted by molar-refractivity contribution is 4.65. The Kier molecular flexibility index (Phi) is 6.51. The highest BCUT2D eigenvalue weighted by Crippen LogP contribution is 1.91. The minimum atomic E-state index is -0.0819. The Bertz CT molecular complexity index is 88.2. The topological polar surface area (TPSA) is 49.5 Å². The van der Waals surface area contributed by atoms with Gasteiger partial charge in [0.1, 0.15) is 0 Å². The van der Waals surface area contributed by atoms with E-state index in [0.29, 0.717) is 0 Å². The Morgan fingerprint density at radius 3 is 2.45 bits per heavy atom. The van der Waals surface area contributed by atoms with Crippen molar-refractivity contribution < 1.29 is 5.11 Å². The highest BCUT2D eigenvalue weighted by atomic mass is 16.3. The van der Waals surface area contributed by atoms with Gasteiger partial charge in [0.05, 0.1) is 6.61 Å². The first kappa shape index (κ1) is 10.9. The SMILES string of the molecule is CCCN(CC)CC(N)CO. The lowest BCUT2D eigenvalue weighted by Crippen LogP contribution is -2.40. The highest BCUT2D eigenvalue weighted by Gasteiger charge is 2.05. The van der Waals surface area contributed by atoms with Crippen LogP contribution in [-0.4, -0.2) is 42.3 Å². The van der Waals surface area contributed by atoms with Crippen LogP contribution in [0.5, 0.6) is 0 Å². The molecule has 11 heavy (non-hydrogen) atoms. The van der Waals surface area contributed by atoms with Crippen LogP contribution in [0.15, 0.2) is 0 Å². The summed E-state index contributed by atoms with van der Waals surface area (Å²) in [6.45, 7) is 7.24. The zero-order chi connectivity index (χ0) is 8.69. The molecule has 0 saturated heterocycles. The summed E-state index contributed by atoms with van der Waals surface area (Å²) in [5.41, 5.74) is 5.59. The number of rotatable bonds is 6. The number of nitrogens with zero attached hydrogens (tertiary/aromatic N) is 1. The molecule has 1 unspecified atom stereocenters. The van der Waals surface area contributed by atoms with Gasteiger partial charge in [-0.3, -0.25) is 0 Å². The van der Waals surface area contributed by atoms with E-state index in [2.05, 4.69) is 18.7 Å². The van der Waals surface area contributed by atoms with Gasteiger partial charge in [0.25, 0.3) is 0 Å². The van der Waals surface area contributed by atoms with E-state index in [1.807, 2.05) is 0 Å². The van der Waals surface area contributed by atoms with Crippen molar-refractivity contribution in [1.82, 2.24) is 4.90 Å². The Morgan fingerprint density at radius 2 is 2.09 bits per heavy atom. The van der Waals surface area contributed by atoms with Crippen LogP contribution < -0.4 is 5.73 Å². The molecule has 3 heteroatoms. The van der Waals surface area contributed by atoms with Crippen LogP contribution in [0.4, 0.5) is 0 Å². The Balaban J connectivity index is 3.49. The summed E-state index contributed by atoms with van der Waals surface area (Å²) in [4.78, 5) is 2.25. The molecule has 0 aliphatic carbocycles. The number of nitrogens with two attached hydrogens (primary N) is 1. The van der Waals surface area contributed by atoms with Crippen molar-refractivity contribution in [2.24, 2.45) is 5.73 Å². The predicted octanol–water partition coefficient (Wildman–Crippen LogP) is 0.0379. The van der Waals surface area contributed by atoms with Crippen LogP contribution in [0, 0.1) is 0 Å². The maximum Gasteiger partial charge on any atom is 0.0595 e. The van der Waals surface area contributed by atoms with Crippen molar-refractivity contribution >= 4 is 0 Å². The molecule has 0 heterocycles. The first-order chi connectivity index (χ1) is 5.24. The quantitative estimate of drug-likeness (QED) is 0.576. The van der Waals surface area contributed by atoms with Crippen LogP contribution in [0.1, 0.15) is 20.3 Å². The van der Waals surface area contributed by atoms with E-state index in [0.717, 1.165) is 26.1 Å². The molecule has 0 aliphatic heterocycles. The number of aliphatic hydroxyl groups is 1. The maximum atomic E-state index is 8.70. The van der Waals surface area contributed by atoms with Gasteiger partial charge in [-0.1, -0.05) is 13.8 Å². The summed E-state index contributed by atoms with van der Waals surface area (Å²) in [5.74, 6) is 0. The molecule has 1 atom stereocenters. The molecule has 3 N–H and O–H groups in total. The van der Waals surface area contributed by atoms with Gasteiger partial charge < -0.3 is 15.7 Å². The summed E-state index contributed by atoms with van der Waals surface area (Å²) in [5, 5.41) is 8.70. The van der Waals surface area contributed by atoms with E-state index < -0.39 is 0 Å². The second-order valence-corrected chi connectivity index (χ2v) is 2.84. The lowest BCUT2D eigenvalue weighted by Gasteiger charge is -2.22. The van der Waals surface area contributed by atoms with Crippen LogP contribution in [-0.2, 0) is 0 Å². The smallest absolute Gasteiger partial charge is 0.0595 e. The number of likely N-dealkylation sites (N-methyl/N-ethyl adjacent to an activating group) is 1. The average molecular weight is 160 g/mol. The molecule has 0 rings (SSSR count). The van der Waals surface area contributed by atoms with Crippen molar-refractivity contribution in [3.8, 4) is 0 Å². The Hall–Kier alpha value is -0.120. The van der Waals surface area contributed by atoms with Crippen LogP contribution in [0.3, 0.4) is 0 Å². The van der Waals surface area contributed by atoms with Crippen molar-refractivity contribution in [2.45, 2.75) is 26.3 Å². The van der Waals surface area contributed by atoms with Crippen LogP contribution in [0.25, 0.3) is 0 Å². The van der Waals surface area contributed by atoms with Gasteiger partial charge >= 0.3 is 0 Å². The van der Waals surface area contributed by atoms with Gasteiger partial charge in [-0.25, -0.2) is 0 Å². The minimum Gasteiger partial charge on any atom is -0.395 e. The lowest BCUT2D eigenvalue weighted by atomic mass is 10.3. The molecule has 0 radical (unpaired) electrons. The molecule has 0 aromatic heterocycles. The molecule has 68 valence electrons. The van der Waals surface area contributed by atoms with E-state index >= 15 is 0 Å². The minimum absolute atomic E-state index is 0.0819. The first-order valence-corrected chi connectivity index (χ1v) is 4.33. The third-order valence-corrected chi connectivity index (χ3v) is 1.71. The molecule has 0 fully saturated rings. The fourth-order valence-electron chi connectivity index (χ4n) is 1.08. The molecule has 0 amide bonds. The summed E-state index contributed by atoms with van der Waals surface area (Å²) in [7, 11) is 0. The van der Waals surface area contributed by atoms with Crippen molar-refractivity contribution in [3.05, 3.63) is 0 Å². The van der Waals surface area contributed by atoms with Gasteiger partial charge in [0, 0.05) is 12.6 Å². The molecule has 0 saturated carbocycles. The van der Waals surface area contributed by atoms with E-state index in [4.69, 9.17) is 10.8 Å². The van der Waals surface area contributed by atoms with E-state index in [-0.39, 0.29) is 12.6 Å². The maximum absolute atomic E-state index is 8.70. The van der Waals surface area contributed by atoms with Gasteiger partial charge in [0.2, 0.25) is 0 Å². The standard InChI is InChI=1S/C8H20N2O/c1-3-5-10(4-2)6-8(9)7-11/h8,11H,3-7,9H2,1-2H3. The summed E-state index contributed by atoms with van der Waals surface area (Å²) in [6, 6.07) is -0.0819. The van der Waals surface area contributed by atoms with Gasteiger partial charge in [-0.05, 0) is 19.5 Å². The molecule has 0 aromatic rings. The second kappa shape index (κ2) is 6.58. The molecule has 3 nitrogen and oxygen atoms in total. The van der Waals surface area contributed by atoms with Gasteiger partial charge in [-0.15, -0.1) is 0 Å². The molecule has 0 aliphatic rings. The van der Waals surface area contributed by atoms with Crippen LogP contribution >= 0.6 is 0 Å². The monoisotopic (exact) mass is 160 g/mol. The number of hydrogen-bond acceptors (Lipinski definition) is 3. The zero-order valence-electron chi connectivity index (χ0n) is 7.58. The van der Waals surface area contributed by atoms with E-state index in [9.17, 15) is 0 Å². The first-order valence-electron chi connectivity index (χ1n) is 4.33. The zero-order valence-corrected chi connectivity index (χ0v) is 7.58. The second-order valence-electron chi connectivity index (χ2n) is 2.84. The molecular formula is C8H20N2O. The fraction of sp³-hybridized carbons (Fsp3) is 1.00. The van der Waals surface area contributed by atoms with Crippen molar-refractivity contribution in [3.63, 3.8) is 0 Å². The summed E-state index contributed by atoms with van der Waals surface area (Å²) < 4.78 is 0. The third-order valence-electron chi connectivity index (χ3n) is 1.71. The van der Waals surface area contributed by atoms with Gasteiger partial charge in [-0.2, -0.15) is 0 Å². The fourth-order valence-corrected chi connectivity index (χ4v) is 1.08. The van der Waals surface area contributed by atoms with Gasteiger partial charge in [0.15, 0.2) is 0 Å². The van der Waals surface area contributed by atoms with Crippen LogP contribution in [0.2, 0.25) is 0 Å². The third kappa shape index (κ3) is 5.18. The number of aliphatic hydroxyl groups excluding tert-OH is 1. The molecule has 0 spiro atoms. The number of hydrogen-bond donors (Lipinski definition) is 2. The van der Waals surface area contributed by atoms with E-state index in [1.54, 1.807) is 0 Å².